The third-order valence-electron chi connectivity index (χ3n) is 3.39. The lowest BCUT2D eigenvalue weighted by Crippen LogP contribution is -2.20. The van der Waals surface area contributed by atoms with Crippen LogP contribution in [-0.2, 0) is 0 Å². The minimum Gasteiger partial charge on any atom is -0.398 e. The molecular formula is C12H17Br2ClN2. The van der Waals surface area contributed by atoms with Crippen LogP contribution in [0.1, 0.15) is 37.3 Å². The van der Waals surface area contributed by atoms with E-state index in [1.165, 1.54) is 25.7 Å². The Morgan fingerprint density at radius 3 is 2.35 bits per heavy atom. The number of anilines is 1. The van der Waals surface area contributed by atoms with Gasteiger partial charge in [0.15, 0.2) is 0 Å². The molecule has 1 aromatic rings. The molecule has 96 valence electrons. The predicted molar refractivity (Wildman–Crippen MR) is 82.4 cm³/mol. The summed E-state index contributed by atoms with van der Waals surface area (Å²) in [5.74, 6) is 0.587. The highest BCUT2D eigenvalue weighted by Gasteiger charge is 2.25. The SMILES string of the molecule is Cl.Nc1c(Br)cc(Br)cc1[C@@H](N)C1CCCC1. The van der Waals surface area contributed by atoms with Crippen molar-refractivity contribution in [2.45, 2.75) is 31.7 Å². The van der Waals surface area contributed by atoms with Gasteiger partial charge in [-0.1, -0.05) is 28.8 Å². The molecule has 0 heterocycles. The van der Waals surface area contributed by atoms with Gasteiger partial charge in [-0.3, -0.25) is 0 Å². The Bertz CT molecular complexity index is 392. The van der Waals surface area contributed by atoms with Crippen LogP contribution in [0.5, 0.6) is 0 Å². The molecule has 1 saturated carbocycles. The van der Waals surface area contributed by atoms with Gasteiger partial charge in [0.1, 0.15) is 0 Å². The van der Waals surface area contributed by atoms with E-state index in [2.05, 4.69) is 31.9 Å². The summed E-state index contributed by atoms with van der Waals surface area (Å²) in [6.45, 7) is 0. The third-order valence-corrected chi connectivity index (χ3v) is 4.51. The van der Waals surface area contributed by atoms with Crippen molar-refractivity contribution < 1.29 is 0 Å². The van der Waals surface area contributed by atoms with Crippen molar-refractivity contribution in [2.75, 3.05) is 5.73 Å². The summed E-state index contributed by atoms with van der Waals surface area (Å²) < 4.78 is 1.95. The van der Waals surface area contributed by atoms with E-state index in [9.17, 15) is 0 Å². The molecule has 2 rings (SSSR count). The molecule has 17 heavy (non-hydrogen) atoms. The lowest BCUT2D eigenvalue weighted by atomic mass is 9.91. The molecule has 0 spiro atoms. The fourth-order valence-corrected chi connectivity index (χ4v) is 3.71. The smallest absolute Gasteiger partial charge is 0.0507 e. The van der Waals surface area contributed by atoms with Crippen molar-refractivity contribution in [2.24, 2.45) is 11.7 Å². The van der Waals surface area contributed by atoms with E-state index in [0.29, 0.717) is 5.92 Å². The fraction of sp³-hybridized carbons (Fsp3) is 0.500. The Hall–Kier alpha value is 0.230. The molecule has 0 amide bonds. The minimum atomic E-state index is 0. The van der Waals surface area contributed by atoms with Gasteiger partial charge in [0, 0.05) is 15.0 Å². The maximum Gasteiger partial charge on any atom is 0.0507 e. The Morgan fingerprint density at radius 2 is 1.76 bits per heavy atom. The molecule has 4 N–H and O–H groups in total. The van der Waals surface area contributed by atoms with Crippen LogP contribution < -0.4 is 11.5 Å². The van der Waals surface area contributed by atoms with E-state index in [1.807, 2.05) is 12.1 Å². The summed E-state index contributed by atoms with van der Waals surface area (Å²) >= 11 is 6.95. The van der Waals surface area contributed by atoms with Crippen molar-refractivity contribution in [3.63, 3.8) is 0 Å². The Balaban J connectivity index is 0.00000144. The van der Waals surface area contributed by atoms with E-state index in [1.54, 1.807) is 0 Å². The van der Waals surface area contributed by atoms with Crippen LogP contribution in [0.25, 0.3) is 0 Å². The zero-order valence-corrected chi connectivity index (χ0v) is 13.4. The van der Waals surface area contributed by atoms with Gasteiger partial charge in [-0.25, -0.2) is 0 Å². The van der Waals surface area contributed by atoms with Crippen molar-refractivity contribution in [1.82, 2.24) is 0 Å². The van der Waals surface area contributed by atoms with Crippen LogP contribution in [0.15, 0.2) is 21.1 Å². The minimum absolute atomic E-state index is 0. The van der Waals surface area contributed by atoms with Crippen LogP contribution in [0.3, 0.4) is 0 Å². The van der Waals surface area contributed by atoms with Crippen molar-refractivity contribution >= 4 is 50.0 Å². The van der Waals surface area contributed by atoms with Crippen LogP contribution in [0, 0.1) is 5.92 Å². The zero-order valence-electron chi connectivity index (χ0n) is 9.46. The topological polar surface area (TPSA) is 52.0 Å². The number of hydrogen-bond donors (Lipinski definition) is 2. The summed E-state index contributed by atoms with van der Waals surface area (Å²) in [4.78, 5) is 0. The monoisotopic (exact) mass is 382 g/mol. The van der Waals surface area contributed by atoms with Gasteiger partial charge in [-0.05, 0) is 52.4 Å². The highest BCUT2D eigenvalue weighted by atomic mass is 79.9. The molecule has 0 aromatic heterocycles. The third kappa shape index (κ3) is 3.37. The van der Waals surface area contributed by atoms with E-state index < -0.39 is 0 Å². The molecule has 1 atom stereocenters. The van der Waals surface area contributed by atoms with Gasteiger partial charge in [0.2, 0.25) is 0 Å². The van der Waals surface area contributed by atoms with Gasteiger partial charge in [0.25, 0.3) is 0 Å². The molecule has 0 aliphatic heterocycles. The summed E-state index contributed by atoms with van der Waals surface area (Å²) in [5.41, 5.74) is 14.2. The number of benzene rings is 1. The molecule has 0 radical (unpaired) electrons. The molecule has 0 saturated heterocycles. The second-order valence-electron chi connectivity index (χ2n) is 4.46. The number of hydrogen-bond acceptors (Lipinski definition) is 2. The number of halogens is 3. The van der Waals surface area contributed by atoms with E-state index in [0.717, 1.165) is 20.2 Å². The first-order valence-electron chi connectivity index (χ1n) is 5.59. The summed E-state index contributed by atoms with van der Waals surface area (Å²) in [7, 11) is 0. The molecule has 2 nitrogen and oxygen atoms in total. The van der Waals surface area contributed by atoms with Gasteiger partial charge >= 0.3 is 0 Å². The van der Waals surface area contributed by atoms with Gasteiger partial charge < -0.3 is 11.5 Å². The molecule has 1 aromatic carbocycles. The second-order valence-corrected chi connectivity index (χ2v) is 6.23. The molecule has 1 aliphatic carbocycles. The fourth-order valence-electron chi connectivity index (χ4n) is 2.45. The largest absolute Gasteiger partial charge is 0.398 e. The first-order chi connectivity index (χ1) is 7.59. The maximum atomic E-state index is 6.32. The zero-order chi connectivity index (χ0) is 11.7. The molecule has 0 unspecified atom stereocenters. The number of rotatable bonds is 2. The van der Waals surface area contributed by atoms with Crippen molar-refractivity contribution in [1.29, 1.82) is 0 Å². The number of nitrogens with two attached hydrogens (primary N) is 2. The first-order valence-corrected chi connectivity index (χ1v) is 7.18. The molecule has 0 bridgehead atoms. The van der Waals surface area contributed by atoms with Gasteiger partial charge in [0.05, 0.1) is 5.69 Å². The average Bonchev–Trinajstić information content (AvgIpc) is 2.75. The first kappa shape index (κ1) is 15.3. The standard InChI is InChI=1S/C12H16Br2N2.ClH/c13-8-5-9(12(16)10(14)6-8)11(15)7-3-1-2-4-7;/h5-7,11H,1-4,15-16H2;1H/t11-;/m0./s1. The normalized spacial score (nSPS) is 17.8. The summed E-state index contributed by atoms with van der Waals surface area (Å²) in [6.07, 6.45) is 5.05. The van der Waals surface area contributed by atoms with Gasteiger partial charge in [-0.15, -0.1) is 12.4 Å². The maximum absolute atomic E-state index is 6.32. The summed E-state index contributed by atoms with van der Waals surface area (Å²) in [6, 6.07) is 4.07. The van der Waals surface area contributed by atoms with Gasteiger partial charge in [-0.2, -0.15) is 0 Å². The highest BCUT2D eigenvalue weighted by molar-refractivity contribution is 9.11. The van der Waals surface area contributed by atoms with Crippen LogP contribution in [-0.4, -0.2) is 0 Å². The second kappa shape index (κ2) is 6.41. The molecule has 1 fully saturated rings. The average molecular weight is 385 g/mol. The van der Waals surface area contributed by atoms with Crippen LogP contribution in [0.2, 0.25) is 0 Å². The van der Waals surface area contributed by atoms with Crippen molar-refractivity contribution in [3.8, 4) is 0 Å². The highest BCUT2D eigenvalue weighted by Crippen LogP contribution is 2.39. The molecule has 5 heteroatoms. The Labute approximate surface area is 125 Å². The Morgan fingerprint density at radius 1 is 1.18 bits per heavy atom. The lowest BCUT2D eigenvalue weighted by Gasteiger charge is -2.21. The number of nitrogen functional groups attached to an aromatic ring is 1. The van der Waals surface area contributed by atoms with Crippen LogP contribution in [0.4, 0.5) is 5.69 Å². The van der Waals surface area contributed by atoms with E-state index in [-0.39, 0.29) is 18.4 Å². The Kier molecular flexibility index (Phi) is 5.77. The summed E-state index contributed by atoms with van der Waals surface area (Å²) in [5, 5.41) is 0. The predicted octanol–water partition coefficient (Wildman–Crippen LogP) is 4.41. The van der Waals surface area contributed by atoms with E-state index in [4.69, 9.17) is 11.5 Å². The molecule has 1 aliphatic rings. The lowest BCUT2D eigenvalue weighted by molar-refractivity contribution is 0.445. The molecular weight excluding hydrogens is 367 g/mol. The van der Waals surface area contributed by atoms with Crippen molar-refractivity contribution in [3.05, 3.63) is 26.6 Å². The quantitative estimate of drug-likeness (QED) is 0.742. The van der Waals surface area contributed by atoms with Crippen LogP contribution >= 0.6 is 44.3 Å². The van der Waals surface area contributed by atoms with E-state index >= 15 is 0 Å².